The van der Waals surface area contributed by atoms with E-state index in [9.17, 15) is 19.3 Å². The smallest absolute Gasteiger partial charge is 0.267 e. The number of benzene rings is 2. The number of nitrogens with zero attached hydrogens (tertiary/aromatic N) is 2. The van der Waals surface area contributed by atoms with Gasteiger partial charge in [-0.3, -0.25) is 14.9 Å². The van der Waals surface area contributed by atoms with Gasteiger partial charge in [-0.2, -0.15) is 5.10 Å². The quantitative estimate of drug-likeness (QED) is 0.535. The van der Waals surface area contributed by atoms with E-state index in [2.05, 4.69) is 10.5 Å². The fourth-order valence-electron chi connectivity index (χ4n) is 1.69. The number of nitro benzene ring substituents is 1. The van der Waals surface area contributed by atoms with Crippen LogP contribution in [0.1, 0.15) is 22.8 Å². The first-order chi connectivity index (χ1) is 10.5. The molecule has 22 heavy (non-hydrogen) atoms. The van der Waals surface area contributed by atoms with E-state index in [1.807, 2.05) is 0 Å². The fraction of sp³-hybridized carbons (Fsp3) is 0.0667. The molecule has 0 radical (unpaired) electrons. The van der Waals surface area contributed by atoms with Gasteiger partial charge >= 0.3 is 0 Å². The van der Waals surface area contributed by atoms with Gasteiger partial charge in [0.1, 0.15) is 5.82 Å². The van der Waals surface area contributed by atoms with Gasteiger partial charge in [-0.25, -0.2) is 9.82 Å². The molecule has 112 valence electrons. The molecule has 0 bridgehead atoms. The Morgan fingerprint density at radius 2 is 1.64 bits per heavy atom. The monoisotopic (exact) mass is 301 g/mol. The summed E-state index contributed by atoms with van der Waals surface area (Å²) in [4.78, 5) is 21.9. The number of carbonyl (C=O) groups excluding carboxylic acids is 1. The van der Waals surface area contributed by atoms with Crippen LogP contribution < -0.4 is 5.43 Å². The Kier molecular flexibility index (Phi) is 4.57. The number of nitrogens with one attached hydrogen (secondary N) is 1. The Labute approximate surface area is 125 Å². The van der Waals surface area contributed by atoms with Crippen molar-refractivity contribution in [2.75, 3.05) is 0 Å². The summed E-state index contributed by atoms with van der Waals surface area (Å²) in [6.07, 6.45) is 0. The molecule has 1 N–H and O–H groups in total. The normalized spacial score (nSPS) is 11.1. The molecule has 0 heterocycles. The van der Waals surface area contributed by atoms with Gasteiger partial charge in [0.05, 0.1) is 10.6 Å². The van der Waals surface area contributed by atoms with E-state index in [4.69, 9.17) is 0 Å². The summed E-state index contributed by atoms with van der Waals surface area (Å²) in [6, 6.07) is 10.9. The van der Waals surface area contributed by atoms with Gasteiger partial charge in [0.15, 0.2) is 0 Å². The molecule has 0 spiro atoms. The van der Waals surface area contributed by atoms with Gasteiger partial charge < -0.3 is 0 Å². The van der Waals surface area contributed by atoms with Crippen molar-refractivity contribution < 1.29 is 14.1 Å². The predicted molar refractivity (Wildman–Crippen MR) is 79.2 cm³/mol. The average molecular weight is 301 g/mol. The van der Waals surface area contributed by atoms with Gasteiger partial charge in [-0.1, -0.05) is 0 Å². The number of hydrazone groups is 1. The molecule has 2 rings (SSSR count). The Morgan fingerprint density at radius 3 is 2.18 bits per heavy atom. The molecule has 7 heteroatoms. The highest BCUT2D eigenvalue weighted by molar-refractivity contribution is 6.00. The first kappa shape index (κ1) is 15.3. The molecule has 2 aromatic rings. The molecule has 0 aliphatic rings. The summed E-state index contributed by atoms with van der Waals surface area (Å²) in [6.45, 7) is 1.66. The molecule has 0 fully saturated rings. The van der Waals surface area contributed by atoms with E-state index >= 15 is 0 Å². The molecule has 0 atom stereocenters. The van der Waals surface area contributed by atoms with Crippen LogP contribution >= 0.6 is 0 Å². The third-order valence-electron chi connectivity index (χ3n) is 2.93. The van der Waals surface area contributed by atoms with Crippen LogP contribution in [0.3, 0.4) is 0 Å². The highest BCUT2D eigenvalue weighted by Crippen LogP contribution is 2.12. The molecule has 6 nitrogen and oxygen atoms in total. The summed E-state index contributed by atoms with van der Waals surface area (Å²) in [5.74, 6) is -0.900. The highest BCUT2D eigenvalue weighted by Gasteiger charge is 2.07. The molecule has 0 saturated heterocycles. The molecule has 0 aromatic heterocycles. The van der Waals surface area contributed by atoms with Crippen molar-refractivity contribution in [2.45, 2.75) is 6.92 Å². The van der Waals surface area contributed by atoms with Crippen molar-refractivity contribution in [2.24, 2.45) is 5.10 Å². The molecular weight excluding hydrogens is 289 g/mol. The zero-order valence-electron chi connectivity index (χ0n) is 11.6. The van der Waals surface area contributed by atoms with Gasteiger partial charge in [0.25, 0.3) is 11.6 Å². The number of hydrogen-bond acceptors (Lipinski definition) is 4. The number of hydrogen-bond donors (Lipinski definition) is 1. The first-order valence-electron chi connectivity index (χ1n) is 6.32. The van der Waals surface area contributed by atoms with Crippen LogP contribution in [-0.4, -0.2) is 16.5 Å². The lowest BCUT2D eigenvalue weighted by molar-refractivity contribution is -0.384. The van der Waals surface area contributed by atoms with Crippen LogP contribution in [0.5, 0.6) is 0 Å². The van der Waals surface area contributed by atoms with Crippen molar-refractivity contribution in [1.29, 1.82) is 0 Å². The zero-order chi connectivity index (χ0) is 16.1. The van der Waals surface area contributed by atoms with E-state index < -0.39 is 16.6 Å². The molecule has 2 aromatic carbocycles. The topological polar surface area (TPSA) is 84.6 Å². The minimum Gasteiger partial charge on any atom is -0.267 e. The zero-order valence-corrected chi connectivity index (χ0v) is 11.6. The lowest BCUT2D eigenvalue weighted by Gasteiger charge is -2.03. The Bertz CT molecular complexity index is 725. The molecule has 1 amide bonds. The van der Waals surface area contributed by atoms with Crippen molar-refractivity contribution in [1.82, 2.24) is 5.43 Å². The summed E-state index contributed by atoms with van der Waals surface area (Å²) < 4.78 is 12.8. The Balaban J connectivity index is 2.07. The highest BCUT2D eigenvalue weighted by atomic mass is 19.1. The second kappa shape index (κ2) is 6.57. The number of halogens is 1. The largest absolute Gasteiger partial charge is 0.271 e. The van der Waals surface area contributed by atoms with Gasteiger partial charge in [0, 0.05) is 17.7 Å². The predicted octanol–water partition coefficient (Wildman–Crippen LogP) is 2.89. The van der Waals surface area contributed by atoms with Crippen LogP contribution in [-0.2, 0) is 0 Å². The van der Waals surface area contributed by atoms with Crippen LogP contribution in [0.15, 0.2) is 53.6 Å². The minimum absolute atomic E-state index is 0.0214. The van der Waals surface area contributed by atoms with E-state index in [1.165, 1.54) is 36.4 Å². The molecule has 0 saturated carbocycles. The molecule has 0 aliphatic heterocycles. The molecule has 0 aliphatic carbocycles. The van der Waals surface area contributed by atoms with Gasteiger partial charge in [-0.05, 0) is 48.9 Å². The third kappa shape index (κ3) is 3.72. The average Bonchev–Trinajstić information content (AvgIpc) is 2.53. The fourth-order valence-corrected chi connectivity index (χ4v) is 1.69. The number of rotatable bonds is 4. The summed E-state index contributed by atoms with van der Waals surface area (Å²) in [5, 5.41) is 14.5. The summed E-state index contributed by atoms with van der Waals surface area (Å²) in [7, 11) is 0. The SMILES string of the molecule is C/C(=N\NC(=O)c1ccc(F)cc1)c1ccc([N+](=O)[O-])cc1. The lowest BCUT2D eigenvalue weighted by atomic mass is 10.1. The second-order valence-electron chi connectivity index (χ2n) is 4.45. The summed E-state index contributed by atoms with van der Waals surface area (Å²) in [5.41, 5.74) is 3.74. The molecule has 0 unspecified atom stereocenters. The first-order valence-corrected chi connectivity index (χ1v) is 6.32. The van der Waals surface area contributed by atoms with Crippen molar-refractivity contribution in [3.8, 4) is 0 Å². The molecular formula is C15H12FN3O3. The van der Waals surface area contributed by atoms with Crippen LogP contribution in [0, 0.1) is 15.9 Å². The van der Waals surface area contributed by atoms with Crippen LogP contribution in [0.4, 0.5) is 10.1 Å². The van der Waals surface area contributed by atoms with Gasteiger partial charge in [-0.15, -0.1) is 0 Å². The van der Waals surface area contributed by atoms with Gasteiger partial charge in [0.2, 0.25) is 0 Å². The second-order valence-corrected chi connectivity index (χ2v) is 4.45. The van der Waals surface area contributed by atoms with Crippen molar-refractivity contribution in [3.05, 3.63) is 75.6 Å². The van der Waals surface area contributed by atoms with Crippen LogP contribution in [0.2, 0.25) is 0 Å². The maximum Gasteiger partial charge on any atom is 0.271 e. The summed E-state index contributed by atoms with van der Waals surface area (Å²) >= 11 is 0. The Morgan fingerprint density at radius 1 is 1.09 bits per heavy atom. The van der Waals surface area contributed by atoms with E-state index in [0.717, 1.165) is 0 Å². The standard InChI is InChI=1S/C15H12FN3O3/c1-10(11-4-8-14(9-5-11)19(21)22)17-18-15(20)12-2-6-13(16)7-3-12/h2-9H,1H3,(H,18,20)/b17-10+. The Hall–Kier alpha value is -3.09. The van der Waals surface area contributed by atoms with Crippen LogP contribution in [0.25, 0.3) is 0 Å². The number of nitro groups is 1. The minimum atomic E-state index is -0.493. The van der Waals surface area contributed by atoms with Crippen molar-refractivity contribution in [3.63, 3.8) is 0 Å². The maximum absolute atomic E-state index is 12.8. The van der Waals surface area contributed by atoms with E-state index in [1.54, 1.807) is 19.1 Å². The number of non-ortho nitro benzene ring substituents is 1. The van der Waals surface area contributed by atoms with E-state index in [-0.39, 0.29) is 11.3 Å². The number of carbonyl (C=O) groups is 1. The van der Waals surface area contributed by atoms with Crippen molar-refractivity contribution >= 4 is 17.3 Å². The lowest BCUT2D eigenvalue weighted by Crippen LogP contribution is -2.19. The third-order valence-corrected chi connectivity index (χ3v) is 2.93. The van der Waals surface area contributed by atoms with E-state index in [0.29, 0.717) is 11.3 Å². The maximum atomic E-state index is 12.8. The number of amides is 1.